The quantitative estimate of drug-likeness (QED) is 0.601. The van der Waals surface area contributed by atoms with Gasteiger partial charge in [0.25, 0.3) is 11.7 Å². The molecule has 0 aliphatic carbocycles. The van der Waals surface area contributed by atoms with E-state index < -0.39 is 11.7 Å². The van der Waals surface area contributed by atoms with Crippen molar-refractivity contribution in [3.8, 4) is 0 Å². The van der Waals surface area contributed by atoms with Crippen molar-refractivity contribution in [3.63, 3.8) is 0 Å². The van der Waals surface area contributed by atoms with Crippen LogP contribution in [0.3, 0.4) is 0 Å². The summed E-state index contributed by atoms with van der Waals surface area (Å²) in [6, 6.07) is 3.13. The normalized spacial score (nSPS) is 15.1. The Balaban J connectivity index is 2.53. The first-order valence-corrected chi connectivity index (χ1v) is 7.56. The van der Waals surface area contributed by atoms with Crippen LogP contribution in [0.15, 0.2) is 12.1 Å². The van der Waals surface area contributed by atoms with E-state index in [2.05, 4.69) is 15.9 Å². The fourth-order valence-corrected chi connectivity index (χ4v) is 2.65. The monoisotopic (exact) mass is 363 g/mol. The van der Waals surface area contributed by atoms with Crippen LogP contribution in [0.1, 0.15) is 24.2 Å². The highest BCUT2D eigenvalue weighted by Crippen LogP contribution is 2.41. The van der Waals surface area contributed by atoms with Gasteiger partial charge >= 0.3 is 0 Å². The summed E-state index contributed by atoms with van der Waals surface area (Å²) < 4.78 is 0. The van der Waals surface area contributed by atoms with Crippen molar-refractivity contribution in [3.05, 3.63) is 27.7 Å². The van der Waals surface area contributed by atoms with Crippen molar-refractivity contribution in [2.24, 2.45) is 5.41 Å². The summed E-state index contributed by atoms with van der Waals surface area (Å²) in [5.74, 6) is -1.16. The maximum Gasteiger partial charge on any atom is 0.299 e. The van der Waals surface area contributed by atoms with Gasteiger partial charge in [-0.15, -0.1) is 0 Å². The number of fused-ring (bicyclic) bond motifs is 1. The van der Waals surface area contributed by atoms with Gasteiger partial charge in [-0.05, 0) is 17.5 Å². The van der Waals surface area contributed by atoms with Gasteiger partial charge in [-0.2, -0.15) is 0 Å². The SMILES string of the molecule is CC(C)(CBr)CN1C(=O)C(=O)c2c(Cl)ccc(Cl)c21. The molecule has 0 radical (unpaired) electrons. The van der Waals surface area contributed by atoms with Crippen LogP contribution in [0.5, 0.6) is 0 Å². The van der Waals surface area contributed by atoms with Gasteiger partial charge in [0.05, 0.1) is 21.3 Å². The number of alkyl halides is 1. The number of nitrogens with zero attached hydrogens (tertiary/aromatic N) is 1. The number of hydrogen-bond acceptors (Lipinski definition) is 2. The van der Waals surface area contributed by atoms with Crippen molar-refractivity contribution >= 4 is 56.5 Å². The molecule has 1 aromatic carbocycles. The van der Waals surface area contributed by atoms with E-state index in [1.165, 1.54) is 11.0 Å². The summed E-state index contributed by atoms with van der Waals surface area (Å²) in [4.78, 5) is 25.5. The highest BCUT2D eigenvalue weighted by Gasteiger charge is 2.41. The van der Waals surface area contributed by atoms with Gasteiger partial charge in [-0.1, -0.05) is 53.0 Å². The van der Waals surface area contributed by atoms with Crippen molar-refractivity contribution in [2.45, 2.75) is 13.8 Å². The summed E-state index contributed by atoms with van der Waals surface area (Å²) in [5.41, 5.74) is 0.464. The van der Waals surface area contributed by atoms with E-state index in [4.69, 9.17) is 23.2 Å². The van der Waals surface area contributed by atoms with Crippen LogP contribution in [0.2, 0.25) is 10.0 Å². The highest BCUT2D eigenvalue weighted by molar-refractivity contribution is 9.09. The molecule has 3 nitrogen and oxygen atoms in total. The lowest BCUT2D eigenvalue weighted by atomic mass is 9.96. The van der Waals surface area contributed by atoms with E-state index in [1.54, 1.807) is 6.07 Å². The van der Waals surface area contributed by atoms with E-state index in [9.17, 15) is 9.59 Å². The first kappa shape index (κ1) is 14.8. The first-order valence-electron chi connectivity index (χ1n) is 5.68. The summed E-state index contributed by atoms with van der Waals surface area (Å²) in [6.07, 6.45) is 0. The van der Waals surface area contributed by atoms with Gasteiger partial charge in [-0.25, -0.2) is 0 Å². The fraction of sp³-hybridized carbons (Fsp3) is 0.385. The third-order valence-corrected chi connectivity index (χ3v) is 5.10. The lowest BCUT2D eigenvalue weighted by Crippen LogP contribution is -2.39. The van der Waals surface area contributed by atoms with Gasteiger partial charge in [-0.3, -0.25) is 9.59 Å². The Bertz CT molecular complexity index is 572. The van der Waals surface area contributed by atoms with Crippen LogP contribution < -0.4 is 4.90 Å². The lowest BCUT2D eigenvalue weighted by molar-refractivity contribution is -0.114. The number of anilines is 1. The third-order valence-electron chi connectivity index (χ3n) is 2.96. The molecule has 1 aliphatic rings. The van der Waals surface area contributed by atoms with E-state index >= 15 is 0 Å². The maximum absolute atomic E-state index is 12.1. The number of hydrogen-bond donors (Lipinski definition) is 0. The molecule has 0 N–H and O–H groups in total. The minimum absolute atomic E-state index is 0.177. The van der Waals surface area contributed by atoms with E-state index in [1.807, 2.05) is 13.8 Å². The van der Waals surface area contributed by atoms with Gasteiger partial charge in [0.2, 0.25) is 0 Å². The zero-order valence-corrected chi connectivity index (χ0v) is 13.6. The molecule has 1 aromatic rings. The Kier molecular flexibility index (Phi) is 3.96. The molecular weight excluding hydrogens is 353 g/mol. The Morgan fingerprint density at radius 2 is 1.79 bits per heavy atom. The Hall–Kier alpha value is -0.580. The molecule has 1 heterocycles. The predicted octanol–water partition coefficient (Wildman–Crippen LogP) is 3.94. The Morgan fingerprint density at radius 3 is 2.37 bits per heavy atom. The number of carbonyl (C=O) groups excluding carboxylic acids is 2. The van der Waals surface area contributed by atoms with Crippen LogP contribution in [-0.4, -0.2) is 23.6 Å². The molecule has 102 valence electrons. The van der Waals surface area contributed by atoms with Crippen molar-refractivity contribution in [2.75, 3.05) is 16.8 Å². The van der Waals surface area contributed by atoms with Crippen LogP contribution in [-0.2, 0) is 4.79 Å². The Morgan fingerprint density at radius 1 is 1.21 bits per heavy atom. The molecule has 0 aromatic heterocycles. The number of ketones is 1. The zero-order chi connectivity index (χ0) is 14.4. The highest BCUT2D eigenvalue weighted by atomic mass is 79.9. The smallest absolute Gasteiger partial charge is 0.299 e. The molecule has 19 heavy (non-hydrogen) atoms. The second kappa shape index (κ2) is 5.08. The average molecular weight is 365 g/mol. The van der Waals surface area contributed by atoms with Gasteiger partial charge < -0.3 is 4.90 Å². The maximum atomic E-state index is 12.1. The summed E-state index contributed by atoms with van der Waals surface area (Å²) in [5, 5.41) is 1.33. The van der Waals surface area contributed by atoms with Crippen molar-refractivity contribution in [1.82, 2.24) is 0 Å². The first-order chi connectivity index (χ1) is 8.78. The predicted molar refractivity (Wildman–Crippen MR) is 80.7 cm³/mol. The van der Waals surface area contributed by atoms with Crippen LogP contribution in [0, 0.1) is 5.41 Å². The van der Waals surface area contributed by atoms with E-state index in [0.717, 1.165) is 0 Å². The molecule has 1 aliphatic heterocycles. The minimum atomic E-state index is -0.590. The summed E-state index contributed by atoms with van der Waals surface area (Å²) in [6.45, 7) is 4.39. The van der Waals surface area contributed by atoms with Crippen molar-refractivity contribution in [1.29, 1.82) is 0 Å². The molecule has 1 amide bonds. The zero-order valence-electron chi connectivity index (χ0n) is 10.5. The molecule has 0 fully saturated rings. The molecule has 0 unspecified atom stereocenters. The third kappa shape index (κ3) is 2.54. The molecule has 0 bridgehead atoms. The van der Waals surface area contributed by atoms with E-state index in [0.29, 0.717) is 22.6 Å². The van der Waals surface area contributed by atoms with E-state index in [-0.39, 0.29) is 16.0 Å². The summed E-state index contributed by atoms with van der Waals surface area (Å²) >= 11 is 15.5. The lowest BCUT2D eigenvalue weighted by Gasteiger charge is -2.28. The number of halogens is 3. The van der Waals surface area contributed by atoms with Gasteiger partial charge in [0, 0.05) is 11.9 Å². The molecular formula is C13H12BrCl2NO2. The Labute approximate surface area is 130 Å². The number of rotatable bonds is 3. The van der Waals surface area contributed by atoms with Crippen LogP contribution in [0.25, 0.3) is 0 Å². The number of amides is 1. The number of Topliss-reactive ketones (excluding diaryl/α,β-unsaturated/α-hetero) is 1. The molecule has 6 heteroatoms. The average Bonchev–Trinajstić information content (AvgIpc) is 2.60. The molecule has 2 rings (SSSR count). The molecule has 0 atom stereocenters. The minimum Gasteiger partial charge on any atom is -0.303 e. The molecule has 0 spiro atoms. The summed E-state index contributed by atoms with van der Waals surface area (Å²) in [7, 11) is 0. The van der Waals surface area contributed by atoms with Crippen LogP contribution >= 0.6 is 39.1 Å². The largest absolute Gasteiger partial charge is 0.303 e. The fourth-order valence-electron chi connectivity index (χ4n) is 1.97. The van der Waals surface area contributed by atoms with Gasteiger partial charge in [0.1, 0.15) is 0 Å². The number of benzene rings is 1. The molecule has 0 saturated heterocycles. The topological polar surface area (TPSA) is 37.4 Å². The van der Waals surface area contributed by atoms with Crippen LogP contribution in [0.4, 0.5) is 5.69 Å². The standard InChI is InChI=1S/C13H12BrCl2NO2/c1-13(2,5-14)6-17-10-8(16)4-3-7(15)9(10)11(18)12(17)19/h3-4H,5-6H2,1-2H3. The molecule has 0 saturated carbocycles. The second-order valence-electron chi connectivity index (χ2n) is 5.27. The van der Waals surface area contributed by atoms with Gasteiger partial charge in [0.15, 0.2) is 0 Å². The van der Waals surface area contributed by atoms with Crippen molar-refractivity contribution < 1.29 is 9.59 Å². The number of carbonyl (C=O) groups is 2. The second-order valence-corrected chi connectivity index (χ2v) is 6.65.